The number of ether oxygens (including phenoxy) is 1. The Morgan fingerprint density at radius 3 is 2.45 bits per heavy atom. The Balaban J connectivity index is 2.01. The Bertz CT molecular complexity index is 816. The summed E-state index contributed by atoms with van der Waals surface area (Å²) in [4.78, 5) is 4.72. The molecule has 3 aromatic rings. The van der Waals surface area contributed by atoms with Gasteiger partial charge in [0.2, 0.25) is 0 Å². The van der Waals surface area contributed by atoms with Crippen molar-refractivity contribution in [1.82, 2.24) is 9.55 Å². The molecular formula is C18H21N3O. The predicted octanol–water partition coefficient (Wildman–Crippen LogP) is 3.78. The maximum absolute atomic E-state index is 6.17. The lowest BCUT2D eigenvalue weighted by molar-refractivity contribution is 0.0959. The van der Waals surface area contributed by atoms with Gasteiger partial charge in [-0.2, -0.15) is 0 Å². The first-order chi connectivity index (χ1) is 10.4. The summed E-state index contributed by atoms with van der Waals surface area (Å²) in [5.74, 6) is 1.70. The molecule has 0 aliphatic rings. The third-order valence-corrected chi connectivity index (χ3v) is 3.84. The van der Waals surface area contributed by atoms with Crippen LogP contribution in [-0.4, -0.2) is 9.55 Å². The topological polar surface area (TPSA) is 53.1 Å². The average Bonchev–Trinajstić information content (AvgIpc) is 2.78. The van der Waals surface area contributed by atoms with Crippen molar-refractivity contribution in [2.24, 2.45) is 7.05 Å². The molecule has 0 unspecified atom stereocenters. The van der Waals surface area contributed by atoms with Gasteiger partial charge in [-0.05, 0) is 51.1 Å². The van der Waals surface area contributed by atoms with E-state index < -0.39 is 5.60 Å². The molecule has 0 atom stereocenters. The summed E-state index contributed by atoms with van der Waals surface area (Å²) in [6.45, 7) is 6.11. The molecule has 3 rings (SSSR count). The van der Waals surface area contributed by atoms with Gasteiger partial charge in [-0.25, -0.2) is 4.98 Å². The molecule has 0 bridgehead atoms. The summed E-state index contributed by atoms with van der Waals surface area (Å²) in [5, 5.41) is 0. The Hall–Kier alpha value is -2.49. The number of hydrogen-bond donors (Lipinski definition) is 1. The van der Waals surface area contributed by atoms with Gasteiger partial charge in [-0.15, -0.1) is 0 Å². The van der Waals surface area contributed by atoms with Crippen LogP contribution in [0.2, 0.25) is 0 Å². The van der Waals surface area contributed by atoms with Gasteiger partial charge in [0, 0.05) is 12.7 Å². The van der Waals surface area contributed by atoms with E-state index in [0.717, 1.165) is 28.3 Å². The zero-order valence-electron chi connectivity index (χ0n) is 13.4. The number of benzene rings is 2. The van der Waals surface area contributed by atoms with Gasteiger partial charge in [0.25, 0.3) is 0 Å². The molecular weight excluding hydrogens is 274 g/mol. The highest BCUT2D eigenvalue weighted by Gasteiger charge is 2.29. The van der Waals surface area contributed by atoms with Crippen LogP contribution in [0.3, 0.4) is 0 Å². The molecule has 4 heteroatoms. The minimum absolute atomic E-state index is 0.544. The number of imidazole rings is 1. The highest BCUT2D eigenvalue weighted by atomic mass is 16.5. The molecule has 0 amide bonds. The molecule has 0 aliphatic carbocycles. The maximum Gasteiger partial charge on any atom is 0.161 e. The molecule has 2 N–H and O–H groups in total. The zero-order chi connectivity index (χ0) is 15.9. The van der Waals surface area contributed by atoms with Crippen LogP contribution in [0.1, 0.15) is 25.2 Å². The molecule has 0 aliphatic heterocycles. The third-order valence-electron chi connectivity index (χ3n) is 3.84. The zero-order valence-corrected chi connectivity index (χ0v) is 13.4. The van der Waals surface area contributed by atoms with Crippen molar-refractivity contribution in [2.45, 2.75) is 26.4 Å². The van der Waals surface area contributed by atoms with Crippen molar-refractivity contribution in [3.8, 4) is 5.75 Å². The van der Waals surface area contributed by atoms with E-state index in [1.54, 1.807) is 0 Å². The van der Waals surface area contributed by atoms with Crippen LogP contribution in [-0.2, 0) is 12.6 Å². The first-order valence-electron chi connectivity index (χ1n) is 7.35. The molecule has 0 saturated heterocycles. The molecule has 4 nitrogen and oxygen atoms in total. The predicted molar refractivity (Wildman–Crippen MR) is 90.0 cm³/mol. The monoisotopic (exact) mass is 295 g/mol. The van der Waals surface area contributed by atoms with Gasteiger partial charge in [-0.3, -0.25) is 0 Å². The van der Waals surface area contributed by atoms with E-state index >= 15 is 0 Å². The Morgan fingerprint density at radius 2 is 1.77 bits per heavy atom. The van der Waals surface area contributed by atoms with Gasteiger partial charge in [0.15, 0.2) is 11.4 Å². The summed E-state index contributed by atoms with van der Waals surface area (Å²) in [5.41, 5.74) is 9.17. The molecule has 0 saturated carbocycles. The summed E-state index contributed by atoms with van der Waals surface area (Å²) in [6.07, 6.45) is 0. The quantitative estimate of drug-likeness (QED) is 0.748. The summed E-state index contributed by atoms with van der Waals surface area (Å²) in [6, 6.07) is 13.8. The van der Waals surface area contributed by atoms with E-state index in [1.807, 2.05) is 63.4 Å². The standard InChI is InChI=1S/C18H21N3O/c1-12-5-8-14(9-6-12)22-18(2,3)17-20-15-11-13(19)7-10-16(15)21(17)4/h5-11H,19H2,1-4H3. The lowest BCUT2D eigenvalue weighted by Crippen LogP contribution is -2.29. The van der Waals surface area contributed by atoms with Gasteiger partial charge < -0.3 is 15.0 Å². The number of nitrogens with two attached hydrogens (primary N) is 1. The number of hydrogen-bond acceptors (Lipinski definition) is 3. The van der Waals surface area contributed by atoms with Gasteiger partial charge in [0.05, 0.1) is 11.0 Å². The molecule has 2 aromatic carbocycles. The van der Waals surface area contributed by atoms with Crippen molar-refractivity contribution >= 4 is 16.7 Å². The number of anilines is 1. The number of nitrogens with zero attached hydrogens (tertiary/aromatic N) is 2. The van der Waals surface area contributed by atoms with Crippen molar-refractivity contribution in [1.29, 1.82) is 0 Å². The molecule has 1 aromatic heterocycles. The van der Waals surface area contributed by atoms with Crippen LogP contribution in [0, 0.1) is 6.92 Å². The fourth-order valence-corrected chi connectivity index (χ4v) is 2.70. The van der Waals surface area contributed by atoms with Crippen molar-refractivity contribution in [3.05, 3.63) is 53.9 Å². The molecule has 0 radical (unpaired) electrons. The largest absolute Gasteiger partial charge is 0.480 e. The molecule has 0 fully saturated rings. The van der Waals surface area contributed by atoms with Crippen LogP contribution in [0.4, 0.5) is 5.69 Å². The highest BCUT2D eigenvalue weighted by molar-refractivity contribution is 5.79. The first-order valence-corrected chi connectivity index (χ1v) is 7.35. The van der Waals surface area contributed by atoms with Crippen molar-refractivity contribution in [2.75, 3.05) is 5.73 Å². The number of rotatable bonds is 3. The van der Waals surface area contributed by atoms with Crippen LogP contribution in [0.25, 0.3) is 11.0 Å². The molecule has 114 valence electrons. The fourth-order valence-electron chi connectivity index (χ4n) is 2.70. The lowest BCUT2D eigenvalue weighted by atomic mass is 10.1. The van der Waals surface area contributed by atoms with E-state index in [9.17, 15) is 0 Å². The average molecular weight is 295 g/mol. The summed E-state index contributed by atoms with van der Waals surface area (Å²) < 4.78 is 8.23. The van der Waals surface area contributed by atoms with E-state index in [2.05, 4.69) is 11.5 Å². The second kappa shape index (κ2) is 5.05. The van der Waals surface area contributed by atoms with Crippen molar-refractivity contribution < 1.29 is 4.74 Å². The molecule has 1 heterocycles. The minimum atomic E-state index is -0.544. The Morgan fingerprint density at radius 1 is 1.09 bits per heavy atom. The fraction of sp³-hybridized carbons (Fsp3) is 0.278. The van der Waals surface area contributed by atoms with E-state index in [1.165, 1.54) is 5.56 Å². The van der Waals surface area contributed by atoms with Crippen LogP contribution in [0.15, 0.2) is 42.5 Å². The second-order valence-electron chi connectivity index (χ2n) is 6.17. The summed E-state index contributed by atoms with van der Waals surface area (Å²) in [7, 11) is 2.00. The van der Waals surface area contributed by atoms with Crippen LogP contribution in [0.5, 0.6) is 5.75 Å². The van der Waals surface area contributed by atoms with Gasteiger partial charge in [-0.1, -0.05) is 17.7 Å². The van der Waals surface area contributed by atoms with E-state index in [4.69, 9.17) is 15.5 Å². The molecule has 0 spiro atoms. The number of fused-ring (bicyclic) bond motifs is 1. The van der Waals surface area contributed by atoms with E-state index in [0.29, 0.717) is 0 Å². The maximum atomic E-state index is 6.17. The third kappa shape index (κ3) is 2.52. The number of aromatic nitrogens is 2. The normalized spacial score (nSPS) is 11.8. The van der Waals surface area contributed by atoms with Gasteiger partial charge >= 0.3 is 0 Å². The minimum Gasteiger partial charge on any atom is -0.480 e. The van der Waals surface area contributed by atoms with Crippen LogP contribution < -0.4 is 10.5 Å². The van der Waals surface area contributed by atoms with E-state index in [-0.39, 0.29) is 0 Å². The highest BCUT2D eigenvalue weighted by Crippen LogP contribution is 2.30. The number of nitrogen functional groups attached to an aromatic ring is 1. The Kier molecular flexibility index (Phi) is 3.32. The molecule has 22 heavy (non-hydrogen) atoms. The number of aryl methyl sites for hydroxylation is 2. The van der Waals surface area contributed by atoms with Gasteiger partial charge in [0.1, 0.15) is 5.75 Å². The Labute approximate surface area is 130 Å². The van der Waals surface area contributed by atoms with Crippen LogP contribution >= 0.6 is 0 Å². The van der Waals surface area contributed by atoms with Crippen molar-refractivity contribution in [3.63, 3.8) is 0 Å². The first kappa shape index (κ1) is 14.4. The smallest absolute Gasteiger partial charge is 0.161 e. The summed E-state index contributed by atoms with van der Waals surface area (Å²) >= 11 is 0. The lowest BCUT2D eigenvalue weighted by Gasteiger charge is -2.26. The second-order valence-corrected chi connectivity index (χ2v) is 6.17. The SMILES string of the molecule is Cc1ccc(OC(C)(C)c2nc3cc(N)ccc3n2C)cc1.